The standard InChI is InChI=1S/C10H20N2O2/c1-2-11-5-3-6-12-10(13)9-4-7-14-8-9/h9,11H,2-8H2,1H3,(H,12,13). The first-order valence-corrected chi connectivity index (χ1v) is 5.40. The summed E-state index contributed by atoms with van der Waals surface area (Å²) >= 11 is 0. The van der Waals surface area contributed by atoms with E-state index in [2.05, 4.69) is 17.6 Å². The van der Waals surface area contributed by atoms with Crippen molar-refractivity contribution in [3.05, 3.63) is 0 Å². The summed E-state index contributed by atoms with van der Waals surface area (Å²) in [5.74, 6) is 0.244. The maximum atomic E-state index is 11.5. The summed E-state index contributed by atoms with van der Waals surface area (Å²) in [6.45, 7) is 6.13. The van der Waals surface area contributed by atoms with Crippen LogP contribution in [0.3, 0.4) is 0 Å². The van der Waals surface area contributed by atoms with Gasteiger partial charge in [0.2, 0.25) is 5.91 Å². The first-order chi connectivity index (χ1) is 6.84. The van der Waals surface area contributed by atoms with Gasteiger partial charge in [-0.15, -0.1) is 0 Å². The van der Waals surface area contributed by atoms with Crippen molar-refractivity contribution < 1.29 is 9.53 Å². The Kier molecular flexibility index (Phi) is 5.56. The van der Waals surface area contributed by atoms with Gasteiger partial charge in [-0.3, -0.25) is 4.79 Å². The molecule has 0 radical (unpaired) electrons. The van der Waals surface area contributed by atoms with Gasteiger partial charge in [-0.25, -0.2) is 0 Å². The number of hydrogen-bond donors (Lipinski definition) is 2. The Bertz CT molecular complexity index is 168. The number of ether oxygens (including phenoxy) is 1. The second kappa shape index (κ2) is 6.79. The fourth-order valence-corrected chi connectivity index (χ4v) is 1.49. The molecule has 0 aliphatic carbocycles. The molecule has 1 rings (SSSR count). The second-order valence-corrected chi connectivity index (χ2v) is 3.56. The molecule has 2 N–H and O–H groups in total. The molecule has 82 valence electrons. The van der Waals surface area contributed by atoms with E-state index in [-0.39, 0.29) is 11.8 Å². The largest absolute Gasteiger partial charge is 0.381 e. The lowest BCUT2D eigenvalue weighted by atomic mass is 10.1. The number of carbonyl (C=O) groups is 1. The molecule has 0 aromatic carbocycles. The summed E-state index contributed by atoms with van der Waals surface area (Å²) in [6, 6.07) is 0. The number of amides is 1. The van der Waals surface area contributed by atoms with Crippen LogP contribution in [0.1, 0.15) is 19.8 Å². The lowest BCUT2D eigenvalue weighted by molar-refractivity contribution is -0.124. The monoisotopic (exact) mass is 200 g/mol. The third kappa shape index (κ3) is 4.07. The maximum absolute atomic E-state index is 11.5. The van der Waals surface area contributed by atoms with Crippen LogP contribution in [-0.4, -0.2) is 38.8 Å². The molecule has 4 nitrogen and oxygen atoms in total. The molecule has 0 aromatic heterocycles. The molecule has 0 saturated carbocycles. The zero-order valence-corrected chi connectivity index (χ0v) is 8.84. The quantitative estimate of drug-likeness (QED) is 0.600. The van der Waals surface area contributed by atoms with Crippen molar-refractivity contribution in [2.75, 3.05) is 32.8 Å². The normalized spacial score (nSPS) is 21.1. The molecular weight excluding hydrogens is 180 g/mol. The molecule has 1 fully saturated rings. The van der Waals surface area contributed by atoms with E-state index >= 15 is 0 Å². The average Bonchev–Trinajstić information content (AvgIpc) is 2.70. The number of carbonyl (C=O) groups excluding carboxylic acids is 1. The van der Waals surface area contributed by atoms with Crippen molar-refractivity contribution in [1.82, 2.24) is 10.6 Å². The predicted molar refractivity (Wildman–Crippen MR) is 55.1 cm³/mol. The van der Waals surface area contributed by atoms with Gasteiger partial charge in [0.05, 0.1) is 12.5 Å². The predicted octanol–water partition coefficient (Wildman–Crippen LogP) is 0.139. The van der Waals surface area contributed by atoms with Crippen LogP contribution in [0.2, 0.25) is 0 Å². The smallest absolute Gasteiger partial charge is 0.225 e. The highest BCUT2D eigenvalue weighted by atomic mass is 16.5. The lowest BCUT2D eigenvalue weighted by Gasteiger charge is -2.08. The number of rotatable bonds is 6. The van der Waals surface area contributed by atoms with E-state index in [1.807, 2.05) is 0 Å². The first-order valence-electron chi connectivity index (χ1n) is 5.40. The molecule has 1 heterocycles. The number of nitrogens with one attached hydrogen (secondary N) is 2. The van der Waals surface area contributed by atoms with Crippen molar-refractivity contribution >= 4 is 5.91 Å². The van der Waals surface area contributed by atoms with E-state index in [1.165, 1.54) is 0 Å². The van der Waals surface area contributed by atoms with Crippen LogP contribution in [0.5, 0.6) is 0 Å². The van der Waals surface area contributed by atoms with E-state index in [9.17, 15) is 4.79 Å². The third-order valence-corrected chi connectivity index (χ3v) is 2.38. The Morgan fingerprint density at radius 2 is 2.36 bits per heavy atom. The molecule has 0 bridgehead atoms. The molecule has 0 aromatic rings. The summed E-state index contributed by atoms with van der Waals surface area (Å²) in [4.78, 5) is 11.5. The molecule has 1 saturated heterocycles. The van der Waals surface area contributed by atoms with Gasteiger partial charge < -0.3 is 15.4 Å². The Balaban J connectivity index is 1.97. The third-order valence-electron chi connectivity index (χ3n) is 2.38. The zero-order valence-electron chi connectivity index (χ0n) is 8.84. The maximum Gasteiger partial charge on any atom is 0.225 e. The van der Waals surface area contributed by atoms with E-state index < -0.39 is 0 Å². The average molecular weight is 200 g/mol. The Labute approximate surface area is 85.4 Å². The highest BCUT2D eigenvalue weighted by Gasteiger charge is 2.22. The Morgan fingerprint density at radius 1 is 1.50 bits per heavy atom. The summed E-state index contributed by atoms with van der Waals surface area (Å²) in [7, 11) is 0. The summed E-state index contributed by atoms with van der Waals surface area (Å²) in [6.07, 6.45) is 1.87. The van der Waals surface area contributed by atoms with Crippen LogP contribution >= 0.6 is 0 Å². The van der Waals surface area contributed by atoms with Crippen molar-refractivity contribution in [3.63, 3.8) is 0 Å². The van der Waals surface area contributed by atoms with Crippen LogP contribution in [0.25, 0.3) is 0 Å². The molecule has 0 spiro atoms. The molecule has 1 amide bonds. The van der Waals surface area contributed by atoms with E-state index in [0.717, 1.165) is 39.1 Å². The van der Waals surface area contributed by atoms with Crippen LogP contribution in [0, 0.1) is 5.92 Å². The lowest BCUT2D eigenvalue weighted by Crippen LogP contribution is -2.32. The highest BCUT2D eigenvalue weighted by Crippen LogP contribution is 2.11. The SMILES string of the molecule is CCNCCCNC(=O)C1CCOC1. The molecular formula is C10H20N2O2. The molecule has 1 unspecified atom stereocenters. The topological polar surface area (TPSA) is 50.4 Å². The van der Waals surface area contributed by atoms with Crippen LogP contribution < -0.4 is 10.6 Å². The fourth-order valence-electron chi connectivity index (χ4n) is 1.49. The van der Waals surface area contributed by atoms with Crippen LogP contribution in [0.15, 0.2) is 0 Å². The first kappa shape index (κ1) is 11.5. The van der Waals surface area contributed by atoms with Gasteiger partial charge in [-0.1, -0.05) is 6.92 Å². The van der Waals surface area contributed by atoms with Gasteiger partial charge in [0.15, 0.2) is 0 Å². The van der Waals surface area contributed by atoms with Gasteiger partial charge in [-0.2, -0.15) is 0 Å². The summed E-state index contributed by atoms with van der Waals surface area (Å²) in [5.41, 5.74) is 0. The van der Waals surface area contributed by atoms with Crippen LogP contribution in [-0.2, 0) is 9.53 Å². The highest BCUT2D eigenvalue weighted by molar-refractivity contribution is 5.78. The summed E-state index contributed by atoms with van der Waals surface area (Å²) in [5, 5.41) is 6.14. The van der Waals surface area contributed by atoms with Crippen LogP contribution in [0.4, 0.5) is 0 Å². The van der Waals surface area contributed by atoms with Crippen molar-refractivity contribution in [2.45, 2.75) is 19.8 Å². The van der Waals surface area contributed by atoms with Gasteiger partial charge in [0.25, 0.3) is 0 Å². The summed E-state index contributed by atoms with van der Waals surface area (Å²) < 4.78 is 5.15. The zero-order chi connectivity index (χ0) is 10.2. The van der Waals surface area contributed by atoms with Crippen molar-refractivity contribution in [2.24, 2.45) is 5.92 Å². The van der Waals surface area contributed by atoms with Crippen molar-refractivity contribution in [3.8, 4) is 0 Å². The van der Waals surface area contributed by atoms with Gasteiger partial charge in [-0.05, 0) is 25.9 Å². The molecule has 1 aliphatic rings. The molecule has 1 aliphatic heterocycles. The van der Waals surface area contributed by atoms with Crippen molar-refractivity contribution in [1.29, 1.82) is 0 Å². The Morgan fingerprint density at radius 3 is 3.00 bits per heavy atom. The van der Waals surface area contributed by atoms with Gasteiger partial charge in [0.1, 0.15) is 0 Å². The van der Waals surface area contributed by atoms with E-state index in [4.69, 9.17) is 4.74 Å². The number of hydrogen-bond acceptors (Lipinski definition) is 3. The van der Waals surface area contributed by atoms with Gasteiger partial charge >= 0.3 is 0 Å². The fraction of sp³-hybridized carbons (Fsp3) is 0.900. The van der Waals surface area contributed by atoms with Gasteiger partial charge in [0, 0.05) is 13.2 Å². The molecule has 14 heavy (non-hydrogen) atoms. The second-order valence-electron chi connectivity index (χ2n) is 3.56. The Hall–Kier alpha value is -0.610. The minimum absolute atomic E-state index is 0.0918. The van der Waals surface area contributed by atoms with E-state index in [0.29, 0.717) is 6.61 Å². The minimum atomic E-state index is 0.0918. The minimum Gasteiger partial charge on any atom is -0.381 e. The molecule has 1 atom stereocenters. The van der Waals surface area contributed by atoms with E-state index in [1.54, 1.807) is 0 Å². The molecule has 4 heteroatoms.